The second kappa shape index (κ2) is 9.14. The van der Waals surface area contributed by atoms with Crippen molar-refractivity contribution in [1.29, 1.82) is 0 Å². The Morgan fingerprint density at radius 3 is 2.52 bits per heavy atom. The zero-order chi connectivity index (χ0) is 19.3. The molecule has 0 aliphatic carbocycles. The largest absolute Gasteiger partial charge is 0.383 e. The predicted octanol–water partition coefficient (Wildman–Crippen LogP) is 1.48. The molecule has 2 saturated heterocycles. The van der Waals surface area contributed by atoms with Crippen molar-refractivity contribution in [2.24, 2.45) is 5.92 Å². The maximum Gasteiger partial charge on any atom is 0.282 e. The van der Waals surface area contributed by atoms with Crippen molar-refractivity contribution in [2.45, 2.75) is 31.7 Å². The second-order valence-corrected chi connectivity index (χ2v) is 9.17. The number of piperidine rings is 1. The number of rotatable bonds is 7. The van der Waals surface area contributed by atoms with Crippen LogP contribution in [-0.4, -0.2) is 68.9 Å². The first kappa shape index (κ1) is 20.3. The lowest BCUT2D eigenvalue weighted by Crippen LogP contribution is -2.50. The molecule has 2 fully saturated rings. The molecule has 0 unspecified atom stereocenters. The summed E-state index contributed by atoms with van der Waals surface area (Å²) in [5.74, 6) is 0.225. The van der Waals surface area contributed by atoms with E-state index in [-0.39, 0.29) is 11.9 Å². The van der Waals surface area contributed by atoms with E-state index in [0.29, 0.717) is 44.3 Å². The fourth-order valence-corrected chi connectivity index (χ4v) is 5.76. The van der Waals surface area contributed by atoms with E-state index in [2.05, 4.69) is 5.32 Å². The van der Waals surface area contributed by atoms with Gasteiger partial charge in [0.1, 0.15) is 0 Å². The monoisotopic (exact) mass is 395 g/mol. The minimum atomic E-state index is -3.43. The third kappa shape index (κ3) is 4.87. The van der Waals surface area contributed by atoms with Gasteiger partial charge in [0.15, 0.2) is 0 Å². The Balaban J connectivity index is 1.49. The molecule has 1 atom stereocenters. The van der Waals surface area contributed by atoms with E-state index in [9.17, 15) is 13.2 Å². The number of nitrogens with one attached hydrogen (secondary N) is 1. The molecule has 0 saturated carbocycles. The summed E-state index contributed by atoms with van der Waals surface area (Å²) in [6.45, 7) is 2.61. The summed E-state index contributed by atoms with van der Waals surface area (Å²) in [6.07, 6.45) is 3.26. The zero-order valence-electron chi connectivity index (χ0n) is 15.8. The molecule has 1 aromatic rings. The van der Waals surface area contributed by atoms with Crippen molar-refractivity contribution < 1.29 is 17.9 Å². The number of amides is 1. The molecule has 1 aromatic carbocycles. The molecule has 1 amide bonds. The molecular weight excluding hydrogens is 366 g/mol. The van der Waals surface area contributed by atoms with Gasteiger partial charge in [0.2, 0.25) is 0 Å². The maximum atomic E-state index is 13.0. The lowest BCUT2D eigenvalue weighted by Gasteiger charge is -2.35. The average molecular weight is 396 g/mol. The van der Waals surface area contributed by atoms with Crippen LogP contribution in [0.3, 0.4) is 0 Å². The molecular formula is C19H29N3O4S. The third-order valence-electron chi connectivity index (χ3n) is 5.47. The van der Waals surface area contributed by atoms with E-state index in [1.165, 1.54) is 0 Å². The van der Waals surface area contributed by atoms with E-state index in [4.69, 9.17) is 4.74 Å². The first-order valence-electron chi connectivity index (χ1n) is 9.61. The fraction of sp³-hybridized carbons (Fsp3) is 0.632. The zero-order valence-corrected chi connectivity index (χ0v) is 16.7. The molecule has 0 bridgehead atoms. The third-order valence-corrected chi connectivity index (χ3v) is 7.56. The van der Waals surface area contributed by atoms with Gasteiger partial charge in [0, 0.05) is 44.9 Å². The maximum absolute atomic E-state index is 13.0. The summed E-state index contributed by atoms with van der Waals surface area (Å²) in [4.78, 5) is 12.1. The van der Waals surface area contributed by atoms with Crippen molar-refractivity contribution in [3.63, 3.8) is 0 Å². The molecule has 2 aliphatic heterocycles. The van der Waals surface area contributed by atoms with Gasteiger partial charge in [-0.25, -0.2) is 0 Å². The van der Waals surface area contributed by atoms with E-state index in [1.54, 1.807) is 27.9 Å². The minimum absolute atomic E-state index is 0.0529. The number of hydrogen-bond acceptors (Lipinski definition) is 4. The number of carbonyl (C=O) groups is 1. The van der Waals surface area contributed by atoms with Gasteiger partial charge in [-0.3, -0.25) is 4.79 Å². The molecule has 0 spiro atoms. The summed E-state index contributed by atoms with van der Waals surface area (Å²) in [5, 5.41) is 2.97. The lowest BCUT2D eigenvalue weighted by atomic mass is 9.98. The Bertz CT molecular complexity index is 718. The summed E-state index contributed by atoms with van der Waals surface area (Å²) in [6, 6.07) is 9.09. The molecule has 3 rings (SSSR count). The van der Waals surface area contributed by atoms with Gasteiger partial charge in [0.25, 0.3) is 16.1 Å². The topological polar surface area (TPSA) is 79.0 Å². The average Bonchev–Trinajstić information content (AvgIpc) is 3.16. The molecule has 8 heteroatoms. The molecule has 0 radical (unpaired) electrons. The highest BCUT2D eigenvalue weighted by molar-refractivity contribution is 7.86. The Morgan fingerprint density at radius 1 is 1.15 bits per heavy atom. The van der Waals surface area contributed by atoms with Gasteiger partial charge in [0.05, 0.1) is 6.61 Å². The summed E-state index contributed by atoms with van der Waals surface area (Å²) in [7, 11) is -1.82. The fourth-order valence-electron chi connectivity index (χ4n) is 3.89. The van der Waals surface area contributed by atoms with Gasteiger partial charge in [-0.05, 0) is 43.7 Å². The van der Waals surface area contributed by atoms with Crippen LogP contribution in [0.1, 0.15) is 36.0 Å². The molecule has 1 N–H and O–H groups in total. The van der Waals surface area contributed by atoms with E-state index in [0.717, 1.165) is 25.7 Å². The van der Waals surface area contributed by atoms with Gasteiger partial charge in [-0.2, -0.15) is 17.0 Å². The van der Waals surface area contributed by atoms with E-state index in [1.807, 2.05) is 18.2 Å². The lowest BCUT2D eigenvalue weighted by molar-refractivity contribution is 0.0941. The van der Waals surface area contributed by atoms with Crippen LogP contribution < -0.4 is 5.32 Å². The van der Waals surface area contributed by atoms with Crippen molar-refractivity contribution in [3.8, 4) is 0 Å². The van der Waals surface area contributed by atoms with Crippen LogP contribution in [0.5, 0.6) is 0 Å². The summed E-state index contributed by atoms with van der Waals surface area (Å²) < 4.78 is 34.3. The SMILES string of the molecule is COC[C@H]1CCCN1S(=O)(=O)N1CCC(CNC(=O)c2ccccc2)CC1. The standard InChI is InChI=1S/C19H29N3O4S/c1-26-15-18-8-5-11-22(18)27(24,25)21-12-9-16(10-13-21)14-20-19(23)17-6-3-2-4-7-17/h2-4,6-7,16,18H,5,8-15H2,1H3,(H,20,23)/t18-/m1/s1. The van der Waals surface area contributed by atoms with Crippen LogP contribution in [0.15, 0.2) is 30.3 Å². The van der Waals surface area contributed by atoms with Crippen LogP contribution in [-0.2, 0) is 14.9 Å². The number of carbonyl (C=O) groups excluding carboxylic acids is 1. The van der Waals surface area contributed by atoms with E-state index < -0.39 is 10.2 Å². The molecule has 150 valence electrons. The quantitative estimate of drug-likeness (QED) is 0.759. The summed E-state index contributed by atoms with van der Waals surface area (Å²) in [5.41, 5.74) is 0.649. The number of benzene rings is 1. The highest BCUT2D eigenvalue weighted by atomic mass is 32.2. The molecule has 2 heterocycles. The Morgan fingerprint density at radius 2 is 1.85 bits per heavy atom. The van der Waals surface area contributed by atoms with Gasteiger partial charge < -0.3 is 10.1 Å². The van der Waals surface area contributed by atoms with Crippen LogP contribution in [0.4, 0.5) is 0 Å². The normalized spacial score (nSPS) is 22.8. The van der Waals surface area contributed by atoms with Crippen LogP contribution in [0.2, 0.25) is 0 Å². The van der Waals surface area contributed by atoms with Crippen molar-refractivity contribution >= 4 is 16.1 Å². The number of methoxy groups -OCH3 is 1. The smallest absolute Gasteiger partial charge is 0.282 e. The number of ether oxygens (including phenoxy) is 1. The van der Waals surface area contributed by atoms with Crippen LogP contribution in [0, 0.1) is 5.92 Å². The van der Waals surface area contributed by atoms with Crippen molar-refractivity contribution in [3.05, 3.63) is 35.9 Å². The van der Waals surface area contributed by atoms with E-state index >= 15 is 0 Å². The first-order chi connectivity index (χ1) is 13.0. The van der Waals surface area contributed by atoms with Gasteiger partial charge in [-0.1, -0.05) is 18.2 Å². The molecule has 2 aliphatic rings. The first-order valence-corrected chi connectivity index (χ1v) is 11.0. The Labute approximate surface area is 161 Å². The van der Waals surface area contributed by atoms with Gasteiger partial charge >= 0.3 is 0 Å². The highest BCUT2D eigenvalue weighted by Crippen LogP contribution is 2.27. The van der Waals surface area contributed by atoms with Crippen molar-refractivity contribution in [2.75, 3.05) is 39.9 Å². The van der Waals surface area contributed by atoms with Crippen molar-refractivity contribution in [1.82, 2.24) is 13.9 Å². The molecule has 7 nitrogen and oxygen atoms in total. The van der Waals surface area contributed by atoms with Gasteiger partial charge in [-0.15, -0.1) is 0 Å². The highest BCUT2D eigenvalue weighted by Gasteiger charge is 2.39. The Kier molecular flexibility index (Phi) is 6.86. The number of nitrogens with zero attached hydrogens (tertiary/aromatic N) is 2. The molecule has 0 aromatic heterocycles. The summed E-state index contributed by atoms with van der Waals surface area (Å²) >= 11 is 0. The van der Waals surface area contributed by atoms with Crippen LogP contribution >= 0.6 is 0 Å². The molecule has 27 heavy (non-hydrogen) atoms. The predicted molar refractivity (Wildman–Crippen MR) is 104 cm³/mol. The van der Waals surface area contributed by atoms with Crippen LogP contribution in [0.25, 0.3) is 0 Å². The number of hydrogen-bond donors (Lipinski definition) is 1. The second-order valence-electron chi connectivity index (χ2n) is 7.29. The Hall–Kier alpha value is -1.48. The minimum Gasteiger partial charge on any atom is -0.383 e.